The number of aryl methyl sites for hydroxylation is 1. The lowest BCUT2D eigenvalue weighted by atomic mass is 9.90. The number of benzene rings is 2. The first-order valence-electron chi connectivity index (χ1n) is 10.1. The summed E-state index contributed by atoms with van der Waals surface area (Å²) in [6, 6.07) is 12.6. The predicted molar refractivity (Wildman–Crippen MR) is 117 cm³/mol. The molecule has 3 heterocycles. The molecule has 11 heteroatoms. The van der Waals surface area contributed by atoms with Crippen molar-refractivity contribution < 1.29 is 14.4 Å². The lowest BCUT2D eigenvalue weighted by molar-refractivity contribution is -0.131. The average Bonchev–Trinajstić information content (AvgIpc) is 3.33. The molecular weight excluding hydrogens is 426 g/mol. The molecule has 1 unspecified atom stereocenters. The number of carbonyl (C=O) groups excluding carboxylic acids is 3. The minimum absolute atomic E-state index is 0.168. The summed E-state index contributed by atoms with van der Waals surface area (Å²) in [5.74, 6) is -0.547. The molecule has 0 bridgehead atoms. The number of para-hydroxylation sites is 1. The van der Waals surface area contributed by atoms with Gasteiger partial charge in [-0.2, -0.15) is 0 Å². The van der Waals surface area contributed by atoms with Crippen LogP contribution in [0.5, 0.6) is 0 Å². The second kappa shape index (κ2) is 6.99. The Kier molecular flexibility index (Phi) is 4.31. The Morgan fingerprint density at radius 2 is 1.85 bits per heavy atom. The topological polar surface area (TPSA) is 145 Å². The van der Waals surface area contributed by atoms with Crippen molar-refractivity contribution in [3.05, 3.63) is 75.8 Å². The number of hydrogen-bond donors (Lipinski definition) is 2. The van der Waals surface area contributed by atoms with E-state index in [1.807, 2.05) is 0 Å². The van der Waals surface area contributed by atoms with E-state index in [0.717, 1.165) is 4.90 Å². The minimum atomic E-state index is -1.39. The van der Waals surface area contributed by atoms with Gasteiger partial charge >= 0.3 is 6.03 Å². The number of carbonyl (C=O) groups is 3. The van der Waals surface area contributed by atoms with Crippen LogP contribution in [0.25, 0.3) is 16.7 Å². The molecule has 3 N–H and O–H groups in total. The lowest BCUT2D eigenvalue weighted by Crippen LogP contribution is -2.41. The van der Waals surface area contributed by atoms with Gasteiger partial charge in [0.05, 0.1) is 17.4 Å². The number of nitrogens with one attached hydrogen (secondary N) is 1. The van der Waals surface area contributed by atoms with E-state index in [4.69, 9.17) is 5.73 Å². The Hall–Kier alpha value is -4.54. The number of imide groups is 1. The van der Waals surface area contributed by atoms with Crippen molar-refractivity contribution in [2.75, 3.05) is 0 Å². The summed E-state index contributed by atoms with van der Waals surface area (Å²) >= 11 is 0. The molecule has 5 rings (SSSR count). The smallest absolute Gasteiger partial charge is 0.325 e. The molecule has 1 aliphatic heterocycles. The van der Waals surface area contributed by atoms with Crippen LogP contribution >= 0.6 is 0 Å². The molecule has 1 aliphatic rings. The first kappa shape index (κ1) is 20.4. The Balaban J connectivity index is 1.58. The Bertz CT molecular complexity index is 1550. The standard InChI is InChI=1S/C22H19N7O4/c1-22(13-7-5-6-12(10-13)17(23)30)19(32)28(21(33)24-22)11-16-25-26-20-27(2)18(31)14-8-3-4-9-15(14)29(16)20/h3-10H,11H2,1-2H3,(H2,23,30)(H,24,33). The summed E-state index contributed by atoms with van der Waals surface area (Å²) in [5, 5.41) is 11.4. The molecule has 0 radical (unpaired) electrons. The predicted octanol–water partition coefficient (Wildman–Crippen LogP) is 0.647. The van der Waals surface area contributed by atoms with Gasteiger partial charge in [0.2, 0.25) is 11.7 Å². The summed E-state index contributed by atoms with van der Waals surface area (Å²) in [6.07, 6.45) is 0. The van der Waals surface area contributed by atoms with Gasteiger partial charge in [-0.05, 0) is 36.8 Å². The van der Waals surface area contributed by atoms with E-state index in [1.54, 1.807) is 54.8 Å². The maximum atomic E-state index is 13.4. The summed E-state index contributed by atoms with van der Waals surface area (Å²) in [4.78, 5) is 51.5. The number of rotatable bonds is 4. The van der Waals surface area contributed by atoms with Gasteiger partial charge in [0, 0.05) is 12.6 Å². The number of amides is 4. The third kappa shape index (κ3) is 2.89. The van der Waals surface area contributed by atoms with Gasteiger partial charge in [-0.3, -0.25) is 28.3 Å². The Morgan fingerprint density at radius 3 is 2.61 bits per heavy atom. The lowest BCUT2D eigenvalue weighted by Gasteiger charge is -2.22. The number of hydrogen-bond acceptors (Lipinski definition) is 6. The van der Waals surface area contributed by atoms with Crippen molar-refractivity contribution in [2.24, 2.45) is 12.8 Å². The molecule has 2 aromatic carbocycles. The molecule has 1 saturated heterocycles. The van der Waals surface area contributed by atoms with Gasteiger partial charge < -0.3 is 11.1 Å². The SMILES string of the molecule is Cn1c(=O)c2ccccc2n2c(CN3C(=O)NC(C)(c4cccc(C(N)=O)c4)C3=O)nnc12. The summed E-state index contributed by atoms with van der Waals surface area (Å²) < 4.78 is 3.02. The average molecular weight is 445 g/mol. The quantitative estimate of drug-likeness (QED) is 0.441. The Labute approximate surface area is 186 Å². The van der Waals surface area contributed by atoms with E-state index >= 15 is 0 Å². The monoisotopic (exact) mass is 445 g/mol. The molecule has 4 aromatic rings. The summed E-state index contributed by atoms with van der Waals surface area (Å²) in [7, 11) is 1.58. The molecule has 166 valence electrons. The number of urea groups is 1. The minimum Gasteiger partial charge on any atom is -0.366 e. The van der Waals surface area contributed by atoms with Gasteiger partial charge in [0.25, 0.3) is 11.5 Å². The van der Waals surface area contributed by atoms with Crippen LogP contribution in [0.15, 0.2) is 53.3 Å². The van der Waals surface area contributed by atoms with Crippen LogP contribution in [0.4, 0.5) is 4.79 Å². The van der Waals surface area contributed by atoms with Crippen LogP contribution in [0, 0.1) is 0 Å². The third-order valence-corrected chi connectivity index (χ3v) is 5.99. The maximum absolute atomic E-state index is 13.4. The second-order valence-electron chi connectivity index (χ2n) is 8.02. The van der Waals surface area contributed by atoms with Gasteiger partial charge in [-0.25, -0.2) is 4.79 Å². The fourth-order valence-electron chi connectivity index (χ4n) is 4.16. The molecular formula is C22H19N7O4. The van der Waals surface area contributed by atoms with Gasteiger partial charge in [0.1, 0.15) is 5.54 Å². The normalized spacial score (nSPS) is 18.3. The number of primary amides is 1. The van der Waals surface area contributed by atoms with E-state index in [-0.39, 0.29) is 23.4 Å². The van der Waals surface area contributed by atoms with Crippen molar-refractivity contribution in [1.29, 1.82) is 0 Å². The zero-order valence-corrected chi connectivity index (χ0v) is 17.8. The van der Waals surface area contributed by atoms with Gasteiger partial charge in [0.15, 0.2) is 5.82 Å². The Morgan fingerprint density at radius 1 is 1.09 bits per heavy atom. The first-order valence-corrected chi connectivity index (χ1v) is 10.1. The molecule has 0 saturated carbocycles. The van der Waals surface area contributed by atoms with Crippen LogP contribution in [0.3, 0.4) is 0 Å². The van der Waals surface area contributed by atoms with E-state index < -0.39 is 23.4 Å². The highest BCUT2D eigenvalue weighted by atomic mass is 16.2. The molecule has 33 heavy (non-hydrogen) atoms. The molecule has 2 aromatic heterocycles. The molecule has 0 spiro atoms. The van der Waals surface area contributed by atoms with E-state index in [0.29, 0.717) is 22.3 Å². The van der Waals surface area contributed by atoms with Crippen molar-refractivity contribution in [3.8, 4) is 0 Å². The number of aromatic nitrogens is 4. The van der Waals surface area contributed by atoms with E-state index in [1.165, 1.54) is 16.7 Å². The molecule has 1 atom stereocenters. The molecule has 4 amide bonds. The zero-order valence-electron chi connectivity index (χ0n) is 17.8. The fourth-order valence-corrected chi connectivity index (χ4v) is 4.16. The van der Waals surface area contributed by atoms with Crippen molar-refractivity contribution in [3.63, 3.8) is 0 Å². The number of nitrogens with zero attached hydrogens (tertiary/aromatic N) is 5. The summed E-state index contributed by atoms with van der Waals surface area (Å²) in [6.45, 7) is 1.40. The van der Waals surface area contributed by atoms with Crippen LogP contribution in [-0.2, 0) is 23.9 Å². The number of fused-ring (bicyclic) bond motifs is 3. The van der Waals surface area contributed by atoms with Crippen LogP contribution < -0.4 is 16.6 Å². The second-order valence-corrected chi connectivity index (χ2v) is 8.02. The van der Waals surface area contributed by atoms with Crippen LogP contribution in [-0.4, -0.2) is 41.9 Å². The van der Waals surface area contributed by atoms with Crippen molar-refractivity contribution in [2.45, 2.75) is 19.0 Å². The van der Waals surface area contributed by atoms with Gasteiger partial charge in [-0.15, -0.1) is 10.2 Å². The van der Waals surface area contributed by atoms with Gasteiger partial charge in [-0.1, -0.05) is 24.3 Å². The highest BCUT2D eigenvalue weighted by Crippen LogP contribution is 2.30. The van der Waals surface area contributed by atoms with Crippen LogP contribution in [0.1, 0.15) is 28.7 Å². The zero-order chi connectivity index (χ0) is 23.5. The highest BCUT2D eigenvalue weighted by Gasteiger charge is 2.49. The largest absolute Gasteiger partial charge is 0.366 e. The van der Waals surface area contributed by atoms with Crippen molar-refractivity contribution in [1.82, 2.24) is 29.4 Å². The number of nitrogens with two attached hydrogens (primary N) is 1. The molecule has 0 aliphatic carbocycles. The van der Waals surface area contributed by atoms with Crippen molar-refractivity contribution >= 4 is 34.5 Å². The summed E-state index contributed by atoms with van der Waals surface area (Å²) in [5.41, 5.74) is 4.97. The highest BCUT2D eigenvalue weighted by molar-refractivity contribution is 6.07. The molecule has 1 fully saturated rings. The fraction of sp³-hybridized carbons (Fsp3) is 0.182. The van der Waals surface area contributed by atoms with Crippen LogP contribution in [0.2, 0.25) is 0 Å². The van der Waals surface area contributed by atoms with E-state index in [9.17, 15) is 19.2 Å². The third-order valence-electron chi connectivity index (χ3n) is 5.99. The first-order chi connectivity index (χ1) is 15.7. The maximum Gasteiger partial charge on any atom is 0.325 e. The molecule has 11 nitrogen and oxygen atoms in total. The van der Waals surface area contributed by atoms with E-state index in [2.05, 4.69) is 15.5 Å².